The highest BCUT2D eigenvalue weighted by molar-refractivity contribution is 5.87. The van der Waals surface area contributed by atoms with E-state index in [0.717, 1.165) is 99.8 Å². The van der Waals surface area contributed by atoms with Gasteiger partial charge in [-0.25, -0.2) is 0 Å². The van der Waals surface area contributed by atoms with Crippen molar-refractivity contribution in [3.63, 3.8) is 0 Å². The van der Waals surface area contributed by atoms with Gasteiger partial charge in [-0.2, -0.15) is 0 Å². The third kappa shape index (κ3) is 37.0. The Labute approximate surface area is 489 Å². The van der Waals surface area contributed by atoms with Crippen LogP contribution in [0, 0.1) is 11.8 Å². The Balaban J connectivity index is -0.0000000840. The van der Waals surface area contributed by atoms with Crippen LogP contribution < -0.4 is 4.74 Å². The summed E-state index contributed by atoms with van der Waals surface area (Å²) in [5.41, 5.74) is 5.45. The Morgan fingerprint density at radius 2 is 0.367 bits per heavy atom. The van der Waals surface area contributed by atoms with Gasteiger partial charge in [-0.1, -0.05) is 256 Å². The highest BCUT2D eigenvalue weighted by atomic mass is 16.5. The summed E-state index contributed by atoms with van der Waals surface area (Å²) >= 11 is 0. The molecule has 0 spiro atoms. The molecule has 8 aromatic carbocycles. The Kier molecular flexibility index (Phi) is 73.2. The number of ether oxygens (including phenoxy) is 1. The molecule has 0 saturated carbocycles. The van der Waals surface area contributed by atoms with Crippen molar-refractivity contribution in [3.05, 3.63) is 179 Å². The highest BCUT2D eigenvalue weighted by Gasteiger charge is 2.04. The van der Waals surface area contributed by atoms with Gasteiger partial charge in [0, 0.05) is 0 Å². The number of hydrogen-bond donors (Lipinski definition) is 6. The summed E-state index contributed by atoms with van der Waals surface area (Å²) in [6.07, 6.45) is 0. The minimum absolute atomic E-state index is 0. The first-order valence-corrected chi connectivity index (χ1v) is 24.8. The highest BCUT2D eigenvalue weighted by Crippen LogP contribution is 2.29. The Morgan fingerprint density at radius 3 is 0.506 bits per heavy atom. The predicted molar refractivity (Wildman–Crippen MR) is 365 cm³/mol. The number of hydrogen-bond acceptors (Lipinski definition) is 7. The molecule has 0 atom stereocenters. The van der Waals surface area contributed by atoms with E-state index in [0.29, 0.717) is 0 Å². The lowest BCUT2D eigenvalue weighted by Gasteiger charge is -2.09. The molecule has 7 heteroatoms. The van der Waals surface area contributed by atoms with E-state index in [1.165, 1.54) is 0 Å². The van der Waals surface area contributed by atoms with Crippen LogP contribution >= 0.6 is 0 Å². The molecule has 0 bridgehead atoms. The van der Waals surface area contributed by atoms with Crippen molar-refractivity contribution in [2.45, 2.75) is 211 Å². The van der Waals surface area contributed by atoms with Crippen LogP contribution in [0.2, 0.25) is 0 Å². The summed E-state index contributed by atoms with van der Waals surface area (Å²) in [4.78, 5) is 0. The van der Waals surface area contributed by atoms with Gasteiger partial charge in [0.15, 0.2) is 0 Å². The monoisotopic (exact) mass is 1100 g/mol. The molecule has 0 heterocycles. The predicted octanol–water partition coefficient (Wildman–Crippen LogP) is 22.2. The molecule has 0 aliphatic carbocycles. The first-order chi connectivity index (χ1) is 33.4. The molecule has 0 unspecified atom stereocenters. The molecule has 0 aliphatic rings. The van der Waals surface area contributed by atoms with Gasteiger partial charge in [0.25, 0.3) is 0 Å². The van der Waals surface area contributed by atoms with E-state index in [2.05, 4.69) is 41.5 Å². The minimum Gasteiger partial charge on any atom is -0.457 e. The lowest BCUT2D eigenvalue weighted by Crippen LogP contribution is -1.87. The van der Waals surface area contributed by atoms with E-state index in [-0.39, 0.29) is 114 Å². The van der Waals surface area contributed by atoms with E-state index >= 15 is 0 Å². The molecule has 8 rings (SSSR count). The normalized spacial score (nSPS) is 8.53. The van der Waals surface area contributed by atoms with Crippen molar-refractivity contribution < 1.29 is 35.4 Å². The van der Waals surface area contributed by atoms with Crippen LogP contribution in [0.15, 0.2) is 146 Å². The van der Waals surface area contributed by atoms with Gasteiger partial charge in [-0.05, 0) is 149 Å². The molecule has 0 aromatic heterocycles. The van der Waals surface area contributed by atoms with Gasteiger partial charge in [0.1, 0.15) is 11.5 Å². The zero-order valence-electron chi connectivity index (χ0n) is 44.3. The third-order valence-electron chi connectivity index (χ3n) is 9.02. The third-order valence-corrected chi connectivity index (χ3v) is 9.02. The van der Waals surface area contributed by atoms with Crippen LogP contribution in [0.3, 0.4) is 0 Å². The fourth-order valence-electron chi connectivity index (χ4n) is 6.09. The van der Waals surface area contributed by atoms with Gasteiger partial charge >= 0.3 is 0 Å². The van der Waals surface area contributed by atoms with Crippen molar-refractivity contribution >= 4 is 43.1 Å². The molecule has 6 N–H and O–H groups in total. The molecule has 0 saturated heterocycles. The van der Waals surface area contributed by atoms with Crippen LogP contribution in [-0.4, -0.2) is 30.6 Å². The first kappa shape index (κ1) is 98.8. The summed E-state index contributed by atoms with van der Waals surface area (Å²) in [7, 11) is 0. The maximum atomic E-state index is 9.23. The summed E-state index contributed by atoms with van der Waals surface area (Å²) < 4.78 is 6.01. The second kappa shape index (κ2) is 58.5. The summed E-state index contributed by atoms with van der Waals surface area (Å²) in [6, 6.07) is 46.9. The SMILES string of the molecule is C.C.C.C.C.C.C.C.C.C.CC.CC.CC.CC.CC(C)C.CC(C)C.OCc1ccc2cc(CO)ccc2c1.OCc1ccc2cc(CO)ccc2c1.OCc1ccc2cc(Oc3ccc4cc(CO)ccc4c3)ccc2c1. The second-order valence-electron chi connectivity index (χ2n) is 16.2. The summed E-state index contributed by atoms with van der Waals surface area (Å²) in [5.74, 6) is 3.21. The molecule has 0 amide bonds. The quantitative estimate of drug-likeness (QED) is 0.0894. The van der Waals surface area contributed by atoms with Crippen molar-refractivity contribution in [3.8, 4) is 11.5 Å². The van der Waals surface area contributed by atoms with Crippen molar-refractivity contribution in [1.82, 2.24) is 0 Å². The standard InChI is InChI=1S/C22H18O3.2C12H12O2.2C4H10.4C2H6.10CH4/c23-13-15-1-3-19-11-21(7-5-17(19)9-15)25-22-8-6-18-10-16(14-24)2-4-20(18)12-22;2*13-7-9-1-3-11-6-10(8-14)2-4-12(11)5-9;2*1-4(2)3;4*1-2;;;;;;;;;;/h1-12,23-24H,13-14H2;2*1-6,13-14H,7-8H2;2*4H,1-3H3;4*1-2H3;10*1H4. The second-order valence-corrected chi connectivity index (χ2v) is 16.2. The smallest absolute Gasteiger partial charge is 0.128 e. The fourth-order valence-corrected chi connectivity index (χ4v) is 6.09. The van der Waals surface area contributed by atoms with E-state index < -0.39 is 0 Å². The van der Waals surface area contributed by atoms with E-state index in [4.69, 9.17) is 25.2 Å². The molecular weight excluding hydrogens is 977 g/mol. The minimum atomic E-state index is 0. The zero-order valence-corrected chi connectivity index (χ0v) is 44.3. The van der Waals surface area contributed by atoms with Gasteiger partial charge in [-0.15, -0.1) is 0 Å². The summed E-state index contributed by atoms with van der Waals surface area (Å²) in [6.45, 7) is 29.4. The Bertz CT molecular complexity index is 2310. The number of rotatable bonds is 8. The number of fused-ring (bicyclic) bond motifs is 4. The Morgan fingerprint density at radius 1 is 0.241 bits per heavy atom. The average molecular weight is 1100 g/mol. The van der Waals surface area contributed by atoms with Gasteiger partial charge < -0.3 is 35.4 Å². The van der Waals surface area contributed by atoms with E-state index in [9.17, 15) is 10.2 Å². The van der Waals surface area contributed by atoms with Crippen LogP contribution in [0.1, 0.15) is 205 Å². The number of benzene rings is 8. The van der Waals surface area contributed by atoms with E-state index in [1.807, 2.05) is 201 Å². The zero-order chi connectivity index (χ0) is 52.3. The molecule has 0 fully saturated rings. The first-order valence-electron chi connectivity index (χ1n) is 24.8. The van der Waals surface area contributed by atoms with Crippen molar-refractivity contribution in [2.75, 3.05) is 0 Å². The molecule has 456 valence electrons. The maximum absolute atomic E-state index is 9.23. The fraction of sp³-hybridized carbons (Fsp3) is 0.444. The molecule has 7 nitrogen and oxygen atoms in total. The van der Waals surface area contributed by atoms with Gasteiger partial charge in [-0.3, -0.25) is 0 Å². The maximum Gasteiger partial charge on any atom is 0.128 e. The average Bonchev–Trinajstić information content (AvgIpc) is 3.40. The number of aliphatic hydroxyl groups is 6. The van der Waals surface area contributed by atoms with Gasteiger partial charge in [0.2, 0.25) is 0 Å². The van der Waals surface area contributed by atoms with Crippen LogP contribution in [0.25, 0.3) is 43.1 Å². The topological polar surface area (TPSA) is 131 Å². The number of aliphatic hydroxyl groups excluding tert-OH is 6. The van der Waals surface area contributed by atoms with Crippen molar-refractivity contribution in [2.24, 2.45) is 11.8 Å². The molecule has 8 aromatic rings. The Hall–Kier alpha value is -5.64. The van der Waals surface area contributed by atoms with Crippen LogP contribution in [0.5, 0.6) is 11.5 Å². The molecular formula is C72H126O7. The van der Waals surface area contributed by atoms with Gasteiger partial charge in [0.05, 0.1) is 39.6 Å². The van der Waals surface area contributed by atoms with Crippen LogP contribution in [0.4, 0.5) is 0 Å². The van der Waals surface area contributed by atoms with E-state index in [1.54, 1.807) is 0 Å². The van der Waals surface area contributed by atoms with Crippen molar-refractivity contribution in [1.29, 1.82) is 0 Å². The molecule has 0 radical (unpaired) electrons. The molecule has 79 heavy (non-hydrogen) atoms. The summed E-state index contributed by atoms with van der Waals surface area (Å²) in [5, 5.41) is 63.0. The van der Waals surface area contributed by atoms with Crippen LogP contribution in [-0.2, 0) is 39.6 Å². The lowest BCUT2D eigenvalue weighted by atomic mass is 10.0. The lowest BCUT2D eigenvalue weighted by molar-refractivity contribution is 0.281. The molecule has 0 aliphatic heterocycles. The largest absolute Gasteiger partial charge is 0.457 e.